The maximum atomic E-state index is 14.3. The summed E-state index contributed by atoms with van der Waals surface area (Å²) in [5, 5.41) is 12.0. The van der Waals surface area contributed by atoms with Crippen molar-refractivity contribution in [2.24, 2.45) is 0 Å². The molecule has 0 atom stereocenters. The second-order valence-corrected chi connectivity index (χ2v) is 12.4. The van der Waals surface area contributed by atoms with Gasteiger partial charge in [-0.05, 0) is 63.2 Å². The predicted molar refractivity (Wildman–Crippen MR) is 162 cm³/mol. The summed E-state index contributed by atoms with van der Waals surface area (Å²) in [7, 11) is -3.21. The van der Waals surface area contributed by atoms with E-state index in [1.807, 2.05) is 0 Å². The highest BCUT2D eigenvalue weighted by Gasteiger charge is 2.24. The molecule has 11 nitrogen and oxygen atoms in total. The number of sulfonamides is 1. The molecule has 0 aliphatic carbocycles. The monoisotopic (exact) mass is 632 g/mol. The molecule has 0 fully saturated rings. The van der Waals surface area contributed by atoms with Crippen molar-refractivity contribution in [3.05, 3.63) is 90.3 Å². The first-order valence-corrected chi connectivity index (χ1v) is 14.8. The zero-order chi connectivity index (χ0) is 32.5. The number of anilines is 2. The van der Waals surface area contributed by atoms with Crippen LogP contribution in [0.3, 0.4) is 0 Å². The number of methoxy groups -OCH3 is 1. The molecule has 230 valence electrons. The van der Waals surface area contributed by atoms with Crippen LogP contribution in [0.4, 0.5) is 25.1 Å². The predicted octanol–water partition coefficient (Wildman–Crippen LogP) is 6.37. The number of nitrogens with one attached hydrogen (secondary N) is 2. The molecule has 0 aliphatic heterocycles. The number of pyridine rings is 2. The molecule has 2 N–H and O–H groups in total. The van der Waals surface area contributed by atoms with Crippen LogP contribution in [0.1, 0.15) is 26.3 Å². The number of nitriles is 1. The lowest BCUT2D eigenvalue weighted by Crippen LogP contribution is -2.27. The number of carbonyl (C=O) groups is 1. The molecular formula is C31H26F2N6O5S. The summed E-state index contributed by atoms with van der Waals surface area (Å²) in [6, 6.07) is 15.7. The van der Waals surface area contributed by atoms with Gasteiger partial charge in [0.2, 0.25) is 5.88 Å². The molecule has 45 heavy (non-hydrogen) atoms. The number of hydrogen-bond acceptors (Lipinski definition) is 8. The Hall–Kier alpha value is -5.55. The van der Waals surface area contributed by atoms with Crippen LogP contribution >= 0.6 is 0 Å². The lowest BCUT2D eigenvalue weighted by Gasteiger charge is -2.19. The molecule has 0 saturated carbocycles. The third-order valence-corrected chi connectivity index (χ3v) is 7.73. The summed E-state index contributed by atoms with van der Waals surface area (Å²) in [5.41, 5.74) is 2.16. The third-order valence-electron chi connectivity index (χ3n) is 6.33. The van der Waals surface area contributed by atoms with Gasteiger partial charge in [-0.3, -0.25) is 14.4 Å². The van der Waals surface area contributed by atoms with E-state index in [-0.39, 0.29) is 17.4 Å². The number of hydrogen-bond donors (Lipinski definition) is 2. The topological polar surface area (TPSA) is 148 Å². The minimum absolute atomic E-state index is 0.0873. The molecule has 14 heteroatoms. The molecule has 3 heterocycles. The highest BCUT2D eigenvalue weighted by atomic mass is 32.2. The van der Waals surface area contributed by atoms with Crippen LogP contribution in [0.5, 0.6) is 5.88 Å². The van der Waals surface area contributed by atoms with Crippen molar-refractivity contribution >= 4 is 33.3 Å². The summed E-state index contributed by atoms with van der Waals surface area (Å²) in [6.07, 6.45) is 2.45. The van der Waals surface area contributed by atoms with Gasteiger partial charge in [0.25, 0.3) is 10.0 Å². The van der Waals surface area contributed by atoms with E-state index < -0.39 is 38.2 Å². The van der Waals surface area contributed by atoms with E-state index in [1.165, 1.54) is 19.4 Å². The lowest BCUT2D eigenvalue weighted by molar-refractivity contribution is 0.0635. The molecule has 0 radical (unpaired) electrons. The van der Waals surface area contributed by atoms with Gasteiger partial charge in [0, 0.05) is 35.2 Å². The van der Waals surface area contributed by atoms with Crippen LogP contribution in [0.2, 0.25) is 0 Å². The van der Waals surface area contributed by atoms with E-state index in [0.717, 1.165) is 12.1 Å². The minimum Gasteiger partial charge on any atom is -0.480 e. The molecule has 0 unspecified atom stereocenters. The third kappa shape index (κ3) is 6.68. The number of amides is 1. The highest BCUT2D eigenvalue weighted by Crippen LogP contribution is 2.34. The molecule has 5 aromatic rings. The molecular weight excluding hydrogens is 606 g/mol. The van der Waals surface area contributed by atoms with Gasteiger partial charge < -0.3 is 9.47 Å². The number of aromatic nitrogens is 3. The standard InChI is InChI=1S/C31H26F2N6O5S/c1-31(2,3)44-30(40)37-28-27(19-7-5-18(15-34)6-8-19)39-17-20(9-12-26(39)36-28)21-13-24(29(43-4)35-16-21)38-45(41,42)25-11-10-22(32)14-23(25)33/h5-14,16-17,38H,1-4H3,(H,37,40). The Morgan fingerprint density at radius 3 is 2.36 bits per heavy atom. The van der Waals surface area contributed by atoms with Gasteiger partial charge in [0.05, 0.1) is 24.4 Å². The van der Waals surface area contributed by atoms with Crippen molar-refractivity contribution in [2.75, 3.05) is 17.1 Å². The van der Waals surface area contributed by atoms with Crippen molar-refractivity contribution in [1.29, 1.82) is 5.26 Å². The molecule has 2 aromatic carbocycles. The summed E-state index contributed by atoms with van der Waals surface area (Å²) in [6.45, 7) is 5.20. The Balaban J connectivity index is 1.59. The Morgan fingerprint density at radius 1 is 1.00 bits per heavy atom. The van der Waals surface area contributed by atoms with Gasteiger partial charge in [-0.2, -0.15) is 5.26 Å². The van der Waals surface area contributed by atoms with Crippen molar-refractivity contribution in [1.82, 2.24) is 14.4 Å². The molecule has 0 spiro atoms. The Morgan fingerprint density at radius 2 is 1.71 bits per heavy atom. The summed E-state index contributed by atoms with van der Waals surface area (Å²) >= 11 is 0. The van der Waals surface area contributed by atoms with Crippen molar-refractivity contribution in [2.45, 2.75) is 31.3 Å². The number of nitrogens with zero attached hydrogens (tertiary/aromatic N) is 4. The molecule has 0 bridgehead atoms. The number of carbonyl (C=O) groups excluding carboxylic acids is 1. The number of benzene rings is 2. The van der Waals surface area contributed by atoms with Gasteiger partial charge in [0.15, 0.2) is 5.82 Å². The van der Waals surface area contributed by atoms with E-state index >= 15 is 0 Å². The largest absolute Gasteiger partial charge is 0.480 e. The molecule has 1 amide bonds. The van der Waals surface area contributed by atoms with Crippen LogP contribution < -0.4 is 14.8 Å². The number of imidazole rings is 1. The van der Waals surface area contributed by atoms with Gasteiger partial charge in [-0.25, -0.2) is 32.0 Å². The second-order valence-electron chi connectivity index (χ2n) is 10.7. The average molecular weight is 633 g/mol. The van der Waals surface area contributed by atoms with E-state index in [0.29, 0.717) is 39.7 Å². The quantitative estimate of drug-likeness (QED) is 0.210. The molecule has 0 saturated heterocycles. The fourth-order valence-electron chi connectivity index (χ4n) is 4.42. The molecule has 3 aromatic heterocycles. The maximum Gasteiger partial charge on any atom is 0.413 e. The first-order chi connectivity index (χ1) is 21.3. The summed E-state index contributed by atoms with van der Waals surface area (Å²) < 4.78 is 68.4. The zero-order valence-electron chi connectivity index (χ0n) is 24.4. The fraction of sp³-hybridized carbons (Fsp3) is 0.161. The van der Waals surface area contributed by atoms with Crippen LogP contribution in [0.25, 0.3) is 28.0 Å². The van der Waals surface area contributed by atoms with Crippen LogP contribution in [0.15, 0.2) is 78.0 Å². The molecule has 5 rings (SSSR count). The van der Waals surface area contributed by atoms with Crippen LogP contribution in [-0.4, -0.2) is 41.6 Å². The van der Waals surface area contributed by atoms with Crippen molar-refractivity contribution in [3.63, 3.8) is 0 Å². The molecule has 0 aliphatic rings. The Kier molecular flexibility index (Phi) is 8.14. The smallest absolute Gasteiger partial charge is 0.413 e. The van der Waals surface area contributed by atoms with E-state index in [4.69, 9.17) is 9.47 Å². The fourth-order valence-corrected chi connectivity index (χ4v) is 5.53. The zero-order valence-corrected chi connectivity index (χ0v) is 25.2. The van der Waals surface area contributed by atoms with E-state index in [2.05, 4.69) is 26.1 Å². The van der Waals surface area contributed by atoms with Crippen molar-refractivity contribution in [3.8, 4) is 34.3 Å². The summed E-state index contributed by atoms with van der Waals surface area (Å²) in [5.74, 6) is -2.07. The lowest BCUT2D eigenvalue weighted by atomic mass is 10.1. The Labute approximate surface area is 257 Å². The highest BCUT2D eigenvalue weighted by molar-refractivity contribution is 7.92. The van der Waals surface area contributed by atoms with Crippen LogP contribution in [0, 0.1) is 23.0 Å². The second kappa shape index (κ2) is 11.9. The van der Waals surface area contributed by atoms with E-state index in [9.17, 15) is 27.3 Å². The van der Waals surface area contributed by atoms with Gasteiger partial charge in [-0.15, -0.1) is 0 Å². The first kappa shape index (κ1) is 30.9. The number of rotatable bonds is 7. The Bertz CT molecular complexity index is 2090. The average Bonchev–Trinajstić information content (AvgIpc) is 3.32. The number of halogens is 2. The van der Waals surface area contributed by atoms with Gasteiger partial charge in [-0.1, -0.05) is 12.1 Å². The number of fused-ring (bicyclic) bond motifs is 1. The van der Waals surface area contributed by atoms with Crippen LogP contribution in [-0.2, 0) is 14.8 Å². The van der Waals surface area contributed by atoms with Crippen molar-refractivity contribution < 1.29 is 31.5 Å². The normalized spacial score (nSPS) is 11.6. The van der Waals surface area contributed by atoms with Gasteiger partial charge >= 0.3 is 6.09 Å². The van der Waals surface area contributed by atoms with E-state index in [1.54, 1.807) is 67.8 Å². The van der Waals surface area contributed by atoms with Gasteiger partial charge in [0.1, 0.15) is 33.5 Å². The maximum absolute atomic E-state index is 14.3. The SMILES string of the molecule is COc1ncc(-c2ccc3nc(NC(=O)OC(C)(C)C)c(-c4ccc(C#N)cc4)n3c2)cc1NS(=O)(=O)c1ccc(F)cc1F. The first-order valence-electron chi connectivity index (χ1n) is 13.3. The number of ether oxygens (including phenoxy) is 2. The summed E-state index contributed by atoms with van der Waals surface area (Å²) in [4.78, 5) is 20.7. The minimum atomic E-state index is -4.50.